The van der Waals surface area contributed by atoms with Crippen LogP contribution >= 0.6 is 0 Å². The molecule has 24 heavy (non-hydrogen) atoms. The zero-order valence-electron chi connectivity index (χ0n) is 15.1. The highest BCUT2D eigenvalue weighted by molar-refractivity contribution is 5.86. The molecule has 1 amide bonds. The molecule has 3 nitrogen and oxygen atoms in total. The van der Waals surface area contributed by atoms with E-state index in [4.69, 9.17) is 5.73 Å². The van der Waals surface area contributed by atoms with Gasteiger partial charge in [0.2, 0.25) is 5.91 Å². The first kappa shape index (κ1) is 16.4. The molecule has 0 aliphatic heterocycles. The van der Waals surface area contributed by atoms with Gasteiger partial charge in [0, 0.05) is 6.08 Å². The summed E-state index contributed by atoms with van der Waals surface area (Å²) >= 11 is 0. The van der Waals surface area contributed by atoms with Crippen molar-refractivity contribution in [1.29, 1.82) is 0 Å². The third kappa shape index (κ3) is 2.23. The SMILES string of the molecule is C[C@]12CC[C@H](O)CC1=CCC1C2CC[C@]2(C)/C(=C/C(N)=O)CCC12. The maximum Gasteiger partial charge on any atom is 0.241 e. The lowest BCUT2D eigenvalue weighted by atomic mass is 9.48. The van der Waals surface area contributed by atoms with E-state index in [0.717, 1.165) is 43.9 Å². The molecule has 0 saturated heterocycles. The van der Waals surface area contributed by atoms with Gasteiger partial charge in [-0.05, 0) is 80.0 Å². The summed E-state index contributed by atoms with van der Waals surface area (Å²) in [6, 6.07) is 0. The molecule has 0 spiro atoms. The van der Waals surface area contributed by atoms with E-state index >= 15 is 0 Å². The second-order valence-electron chi connectivity index (χ2n) is 9.22. The normalized spacial score (nSPS) is 49.1. The summed E-state index contributed by atoms with van der Waals surface area (Å²) in [6.45, 7) is 4.83. The van der Waals surface area contributed by atoms with Crippen LogP contribution < -0.4 is 5.73 Å². The summed E-state index contributed by atoms with van der Waals surface area (Å²) in [5.74, 6) is 1.87. The minimum absolute atomic E-state index is 0.133. The Bertz CT molecular complexity index is 621. The van der Waals surface area contributed by atoms with Crippen LogP contribution in [0.1, 0.15) is 65.2 Å². The number of carbonyl (C=O) groups is 1. The van der Waals surface area contributed by atoms with Crippen LogP contribution in [0.2, 0.25) is 0 Å². The summed E-state index contributed by atoms with van der Waals surface area (Å²) in [5.41, 5.74) is 8.75. The molecule has 0 bridgehead atoms. The molecule has 3 N–H and O–H groups in total. The monoisotopic (exact) mass is 329 g/mol. The Morgan fingerprint density at radius 2 is 1.92 bits per heavy atom. The highest BCUT2D eigenvalue weighted by Gasteiger charge is 2.57. The quantitative estimate of drug-likeness (QED) is 0.569. The van der Waals surface area contributed by atoms with Crippen LogP contribution in [0.5, 0.6) is 0 Å². The first-order valence-corrected chi connectivity index (χ1v) is 9.72. The first-order chi connectivity index (χ1) is 11.3. The molecule has 3 fully saturated rings. The van der Waals surface area contributed by atoms with E-state index in [1.807, 2.05) is 0 Å². The highest BCUT2D eigenvalue weighted by atomic mass is 16.3. The number of fused-ring (bicyclic) bond motifs is 5. The number of allylic oxidation sites excluding steroid dienone is 2. The van der Waals surface area contributed by atoms with Crippen molar-refractivity contribution < 1.29 is 9.90 Å². The molecule has 132 valence electrons. The van der Waals surface area contributed by atoms with Crippen molar-refractivity contribution in [3.8, 4) is 0 Å². The van der Waals surface area contributed by atoms with Gasteiger partial charge in [0.15, 0.2) is 0 Å². The number of carbonyl (C=O) groups excluding carboxylic acids is 1. The van der Waals surface area contributed by atoms with E-state index < -0.39 is 0 Å². The average Bonchev–Trinajstić information content (AvgIpc) is 2.84. The fraction of sp³-hybridized carbons (Fsp3) is 0.762. The lowest BCUT2D eigenvalue weighted by Crippen LogP contribution is -2.49. The lowest BCUT2D eigenvalue weighted by Gasteiger charge is -2.57. The van der Waals surface area contributed by atoms with Gasteiger partial charge in [0.25, 0.3) is 0 Å². The number of rotatable bonds is 1. The lowest BCUT2D eigenvalue weighted by molar-refractivity contribution is -0.113. The Balaban J connectivity index is 1.66. The van der Waals surface area contributed by atoms with Crippen LogP contribution in [0.25, 0.3) is 0 Å². The van der Waals surface area contributed by atoms with Gasteiger partial charge in [-0.1, -0.05) is 31.1 Å². The van der Waals surface area contributed by atoms with Crippen LogP contribution in [0.3, 0.4) is 0 Å². The summed E-state index contributed by atoms with van der Waals surface area (Å²) in [6.07, 6.45) is 12.9. The fourth-order valence-corrected chi connectivity index (χ4v) is 6.90. The molecule has 6 atom stereocenters. The molecule has 0 aromatic heterocycles. The van der Waals surface area contributed by atoms with Crippen molar-refractivity contribution in [2.24, 2.45) is 34.3 Å². The molecular weight excluding hydrogens is 298 g/mol. The Kier molecular flexibility index (Phi) is 3.72. The van der Waals surface area contributed by atoms with Gasteiger partial charge >= 0.3 is 0 Å². The van der Waals surface area contributed by atoms with Crippen molar-refractivity contribution in [2.75, 3.05) is 0 Å². The van der Waals surface area contributed by atoms with Gasteiger partial charge in [0.05, 0.1) is 6.10 Å². The molecule has 0 aromatic rings. The number of primary amides is 1. The Morgan fingerprint density at radius 3 is 2.67 bits per heavy atom. The van der Waals surface area contributed by atoms with E-state index in [-0.39, 0.29) is 17.4 Å². The van der Waals surface area contributed by atoms with Gasteiger partial charge in [-0.3, -0.25) is 4.79 Å². The summed E-state index contributed by atoms with van der Waals surface area (Å²) in [5, 5.41) is 10.1. The fourth-order valence-electron chi connectivity index (χ4n) is 6.90. The topological polar surface area (TPSA) is 63.3 Å². The zero-order valence-corrected chi connectivity index (χ0v) is 15.1. The van der Waals surface area contributed by atoms with Crippen LogP contribution in [0, 0.1) is 28.6 Å². The number of hydrogen-bond donors (Lipinski definition) is 2. The summed E-state index contributed by atoms with van der Waals surface area (Å²) in [4.78, 5) is 11.4. The molecule has 3 heteroatoms. The first-order valence-electron chi connectivity index (χ1n) is 9.72. The maximum absolute atomic E-state index is 11.4. The van der Waals surface area contributed by atoms with E-state index in [2.05, 4.69) is 19.9 Å². The van der Waals surface area contributed by atoms with E-state index in [1.165, 1.54) is 30.4 Å². The number of aliphatic hydroxyl groups excluding tert-OH is 1. The predicted molar refractivity (Wildman–Crippen MR) is 95.0 cm³/mol. The van der Waals surface area contributed by atoms with Crippen molar-refractivity contribution >= 4 is 5.91 Å². The molecule has 0 radical (unpaired) electrons. The molecule has 0 aromatic carbocycles. The molecule has 0 heterocycles. The molecular formula is C21H31NO2. The Labute approximate surface area is 145 Å². The predicted octanol–water partition coefficient (Wildman–Crippen LogP) is 3.72. The van der Waals surface area contributed by atoms with Crippen molar-refractivity contribution in [3.63, 3.8) is 0 Å². The second kappa shape index (κ2) is 5.45. The third-order valence-corrected chi connectivity index (χ3v) is 8.24. The van der Waals surface area contributed by atoms with Gasteiger partial charge in [-0.2, -0.15) is 0 Å². The van der Waals surface area contributed by atoms with Crippen molar-refractivity contribution in [3.05, 3.63) is 23.3 Å². The number of amides is 1. The van der Waals surface area contributed by atoms with E-state index in [9.17, 15) is 9.90 Å². The molecule has 4 aliphatic carbocycles. The minimum Gasteiger partial charge on any atom is -0.393 e. The van der Waals surface area contributed by atoms with Gasteiger partial charge in [0.1, 0.15) is 0 Å². The van der Waals surface area contributed by atoms with Crippen LogP contribution in [-0.4, -0.2) is 17.1 Å². The minimum atomic E-state index is -0.284. The molecule has 3 saturated carbocycles. The van der Waals surface area contributed by atoms with Gasteiger partial charge < -0.3 is 10.8 Å². The Morgan fingerprint density at radius 1 is 1.21 bits per heavy atom. The number of hydrogen-bond acceptors (Lipinski definition) is 2. The van der Waals surface area contributed by atoms with Gasteiger partial charge in [-0.15, -0.1) is 0 Å². The second-order valence-corrected chi connectivity index (χ2v) is 9.22. The third-order valence-electron chi connectivity index (χ3n) is 8.24. The molecule has 4 rings (SSSR count). The number of aliphatic hydroxyl groups is 1. The maximum atomic E-state index is 11.4. The van der Waals surface area contributed by atoms with Crippen molar-refractivity contribution in [2.45, 2.75) is 71.3 Å². The highest BCUT2D eigenvalue weighted by Crippen LogP contribution is 2.66. The molecule has 3 unspecified atom stereocenters. The van der Waals surface area contributed by atoms with E-state index in [1.54, 1.807) is 6.08 Å². The molecule has 4 aliphatic rings. The van der Waals surface area contributed by atoms with Crippen molar-refractivity contribution in [1.82, 2.24) is 0 Å². The van der Waals surface area contributed by atoms with Crippen LogP contribution in [0.4, 0.5) is 0 Å². The van der Waals surface area contributed by atoms with Crippen LogP contribution in [-0.2, 0) is 4.79 Å². The Hall–Kier alpha value is -1.09. The average molecular weight is 329 g/mol. The summed E-state index contributed by atoms with van der Waals surface area (Å²) < 4.78 is 0. The number of nitrogens with two attached hydrogens (primary N) is 1. The van der Waals surface area contributed by atoms with E-state index in [0.29, 0.717) is 11.3 Å². The zero-order chi connectivity index (χ0) is 17.1. The van der Waals surface area contributed by atoms with Crippen LogP contribution in [0.15, 0.2) is 23.3 Å². The standard InChI is InChI=1S/C21H31NO2/c1-20-9-7-15(23)11-13(20)3-5-16-17-6-4-14(12-19(22)24)21(17,2)10-8-18(16)20/h3,12,15-18,23H,4-11H2,1-2H3,(H2,22,24)/b14-12+/t15-,16?,17?,18?,20-,21+/m0/s1. The smallest absolute Gasteiger partial charge is 0.241 e. The van der Waals surface area contributed by atoms with Gasteiger partial charge in [-0.25, -0.2) is 0 Å². The summed E-state index contributed by atoms with van der Waals surface area (Å²) in [7, 11) is 0. The largest absolute Gasteiger partial charge is 0.393 e.